The van der Waals surface area contributed by atoms with Crippen molar-refractivity contribution in [2.75, 3.05) is 0 Å². The number of aliphatic hydroxyl groups is 1. The predicted molar refractivity (Wildman–Crippen MR) is 79.8 cm³/mol. The van der Waals surface area contributed by atoms with Crippen molar-refractivity contribution in [2.45, 2.75) is 37.9 Å². The number of aryl methyl sites for hydroxylation is 1. The van der Waals surface area contributed by atoms with Crippen LogP contribution in [0.2, 0.25) is 0 Å². The van der Waals surface area contributed by atoms with E-state index < -0.39 is 6.10 Å². The zero-order valence-electron chi connectivity index (χ0n) is 11.5. The molecule has 2 nitrogen and oxygen atoms in total. The Morgan fingerprint density at radius 2 is 1.85 bits per heavy atom. The second-order valence-electron chi connectivity index (χ2n) is 5.43. The van der Waals surface area contributed by atoms with Crippen LogP contribution >= 0.6 is 0 Å². The van der Waals surface area contributed by atoms with Crippen LogP contribution < -0.4 is 4.74 Å². The Bertz CT molecular complexity index is 546. The van der Waals surface area contributed by atoms with Gasteiger partial charge in [0.05, 0.1) is 12.2 Å². The second kappa shape index (κ2) is 6.10. The van der Waals surface area contributed by atoms with Crippen LogP contribution in [0.1, 0.15) is 36.5 Å². The molecule has 3 rings (SSSR count). The van der Waals surface area contributed by atoms with Gasteiger partial charge in [0.2, 0.25) is 0 Å². The summed E-state index contributed by atoms with van der Waals surface area (Å²) < 4.78 is 5.79. The van der Waals surface area contributed by atoms with Crippen LogP contribution in [0.5, 0.6) is 5.75 Å². The topological polar surface area (TPSA) is 29.5 Å². The highest BCUT2D eigenvalue weighted by atomic mass is 16.5. The molecule has 1 unspecified atom stereocenters. The summed E-state index contributed by atoms with van der Waals surface area (Å²) in [5.41, 5.74) is 2.20. The lowest BCUT2D eigenvalue weighted by Gasteiger charge is -2.11. The highest BCUT2D eigenvalue weighted by Gasteiger charge is 2.23. The van der Waals surface area contributed by atoms with Gasteiger partial charge in [0.25, 0.3) is 0 Å². The van der Waals surface area contributed by atoms with Gasteiger partial charge in [-0.25, -0.2) is 0 Å². The standard InChI is InChI=1S/C18H20O2/c19-18(15-6-2-1-3-7-15)12-9-14-5-4-8-17(13-14)20-16-10-11-16/h1-8,13,16,18-19H,9-12H2. The van der Waals surface area contributed by atoms with Crippen LogP contribution in [0.25, 0.3) is 0 Å². The number of aliphatic hydroxyl groups excluding tert-OH is 1. The van der Waals surface area contributed by atoms with E-state index in [0.29, 0.717) is 6.10 Å². The van der Waals surface area contributed by atoms with E-state index in [1.165, 1.54) is 18.4 Å². The van der Waals surface area contributed by atoms with E-state index in [2.05, 4.69) is 12.1 Å². The van der Waals surface area contributed by atoms with Gasteiger partial charge < -0.3 is 9.84 Å². The van der Waals surface area contributed by atoms with Gasteiger partial charge in [0.15, 0.2) is 0 Å². The first-order valence-corrected chi connectivity index (χ1v) is 7.30. The molecule has 0 spiro atoms. The third-order valence-electron chi connectivity index (χ3n) is 3.62. The van der Waals surface area contributed by atoms with Crippen LogP contribution in [-0.4, -0.2) is 11.2 Å². The van der Waals surface area contributed by atoms with Gasteiger partial charge in [-0.1, -0.05) is 42.5 Å². The highest BCUT2D eigenvalue weighted by molar-refractivity contribution is 5.29. The molecule has 1 aliphatic carbocycles. The minimum absolute atomic E-state index is 0.399. The number of hydrogen-bond donors (Lipinski definition) is 1. The SMILES string of the molecule is OC(CCc1cccc(OC2CC2)c1)c1ccccc1. The molecule has 1 aliphatic rings. The first-order chi connectivity index (χ1) is 9.81. The van der Waals surface area contributed by atoms with Crippen molar-refractivity contribution in [2.24, 2.45) is 0 Å². The Morgan fingerprint density at radius 3 is 2.60 bits per heavy atom. The van der Waals surface area contributed by atoms with Crippen molar-refractivity contribution in [1.29, 1.82) is 0 Å². The molecule has 2 aromatic carbocycles. The molecule has 0 bridgehead atoms. The molecule has 1 saturated carbocycles. The van der Waals surface area contributed by atoms with Crippen molar-refractivity contribution in [3.63, 3.8) is 0 Å². The number of rotatable bonds is 6. The van der Waals surface area contributed by atoms with Crippen LogP contribution in [0.3, 0.4) is 0 Å². The highest BCUT2D eigenvalue weighted by Crippen LogP contribution is 2.27. The summed E-state index contributed by atoms with van der Waals surface area (Å²) in [5.74, 6) is 0.958. The predicted octanol–water partition coefficient (Wildman–Crippen LogP) is 3.89. The Labute approximate surface area is 120 Å². The number of hydrogen-bond acceptors (Lipinski definition) is 2. The van der Waals surface area contributed by atoms with E-state index in [-0.39, 0.29) is 0 Å². The zero-order chi connectivity index (χ0) is 13.8. The summed E-state index contributed by atoms with van der Waals surface area (Å²) in [7, 11) is 0. The van der Waals surface area contributed by atoms with Gasteiger partial charge in [-0.15, -0.1) is 0 Å². The van der Waals surface area contributed by atoms with Crippen LogP contribution in [-0.2, 0) is 6.42 Å². The summed E-state index contributed by atoms with van der Waals surface area (Å²) in [6.45, 7) is 0. The van der Waals surface area contributed by atoms with E-state index in [1.807, 2.05) is 42.5 Å². The third-order valence-corrected chi connectivity index (χ3v) is 3.62. The summed E-state index contributed by atoms with van der Waals surface area (Å²) in [6, 6.07) is 18.1. The van der Waals surface area contributed by atoms with Crippen LogP contribution in [0.15, 0.2) is 54.6 Å². The maximum atomic E-state index is 10.2. The molecule has 104 valence electrons. The van der Waals surface area contributed by atoms with Crippen molar-refractivity contribution in [3.05, 3.63) is 65.7 Å². The number of ether oxygens (including phenoxy) is 1. The van der Waals surface area contributed by atoms with E-state index in [4.69, 9.17) is 4.74 Å². The lowest BCUT2D eigenvalue weighted by atomic mass is 10.0. The minimum atomic E-state index is -0.399. The van der Waals surface area contributed by atoms with Gasteiger partial charge in [0, 0.05) is 0 Å². The fourth-order valence-electron chi connectivity index (χ4n) is 2.30. The quantitative estimate of drug-likeness (QED) is 0.861. The van der Waals surface area contributed by atoms with Crippen molar-refractivity contribution in [3.8, 4) is 5.75 Å². The van der Waals surface area contributed by atoms with Crippen LogP contribution in [0, 0.1) is 0 Å². The van der Waals surface area contributed by atoms with Gasteiger partial charge in [-0.3, -0.25) is 0 Å². The fraction of sp³-hybridized carbons (Fsp3) is 0.333. The Hall–Kier alpha value is -1.80. The normalized spacial score (nSPS) is 15.8. The molecule has 0 radical (unpaired) electrons. The summed E-state index contributed by atoms with van der Waals surface area (Å²) in [5, 5.41) is 10.2. The van der Waals surface area contributed by atoms with Gasteiger partial charge in [0.1, 0.15) is 5.75 Å². The smallest absolute Gasteiger partial charge is 0.119 e. The average molecular weight is 268 g/mol. The molecule has 1 N–H and O–H groups in total. The average Bonchev–Trinajstić information content (AvgIpc) is 3.30. The summed E-state index contributed by atoms with van der Waals surface area (Å²) in [4.78, 5) is 0. The molecule has 2 heteroatoms. The van der Waals surface area contributed by atoms with Crippen molar-refractivity contribution >= 4 is 0 Å². The number of benzene rings is 2. The van der Waals surface area contributed by atoms with Gasteiger partial charge in [-0.05, 0) is 48.9 Å². The Morgan fingerprint density at radius 1 is 1.05 bits per heavy atom. The molecule has 0 aromatic heterocycles. The lowest BCUT2D eigenvalue weighted by Crippen LogP contribution is -2.00. The third kappa shape index (κ3) is 3.61. The largest absolute Gasteiger partial charge is 0.490 e. The minimum Gasteiger partial charge on any atom is -0.490 e. The molecule has 1 atom stereocenters. The molecular formula is C18H20O2. The summed E-state index contributed by atoms with van der Waals surface area (Å²) >= 11 is 0. The Kier molecular flexibility index (Phi) is 4.03. The van der Waals surface area contributed by atoms with E-state index in [9.17, 15) is 5.11 Å². The summed E-state index contributed by atoms with van der Waals surface area (Å²) in [6.07, 6.45) is 3.98. The van der Waals surface area contributed by atoms with Gasteiger partial charge in [-0.2, -0.15) is 0 Å². The molecule has 0 amide bonds. The monoisotopic (exact) mass is 268 g/mol. The second-order valence-corrected chi connectivity index (χ2v) is 5.43. The van der Waals surface area contributed by atoms with E-state index in [1.54, 1.807) is 0 Å². The maximum absolute atomic E-state index is 10.2. The molecule has 2 aromatic rings. The zero-order valence-corrected chi connectivity index (χ0v) is 11.5. The fourth-order valence-corrected chi connectivity index (χ4v) is 2.30. The molecule has 1 fully saturated rings. The van der Waals surface area contributed by atoms with Gasteiger partial charge >= 0.3 is 0 Å². The Balaban J connectivity index is 1.57. The first-order valence-electron chi connectivity index (χ1n) is 7.30. The van der Waals surface area contributed by atoms with Crippen molar-refractivity contribution < 1.29 is 9.84 Å². The maximum Gasteiger partial charge on any atom is 0.119 e. The molecule has 20 heavy (non-hydrogen) atoms. The molecule has 0 heterocycles. The first kappa shape index (κ1) is 13.2. The van der Waals surface area contributed by atoms with Crippen LogP contribution in [0.4, 0.5) is 0 Å². The molecule has 0 aliphatic heterocycles. The molecular weight excluding hydrogens is 248 g/mol. The van der Waals surface area contributed by atoms with E-state index >= 15 is 0 Å². The lowest BCUT2D eigenvalue weighted by molar-refractivity contribution is 0.168. The van der Waals surface area contributed by atoms with E-state index in [0.717, 1.165) is 24.2 Å². The van der Waals surface area contributed by atoms with Crippen molar-refractivity contribution in [1.82, 2.24) is 0 Å². The molecule has 0 saturated heterocycles.